The molecular weight excluding hydrogens is 588 g/mol. The summed E-state index contributed by atoms with van der Waals surface area (Å²) in [6, 6.07) is 9.77. The lowest BCUT2D eigenvalue weighted by atomic mass is 9.89. The van der Waals surface area contributed by atoms with Crippen LogP contribution in [-0.4, -0.2) is 74.6 Å². The van der Waals surface area contributed by atoms with Crippen LogP contribution in [0.3, 0.4) is 0 Å². The number of amidine groups is 1. The highest BCUT2D eigenvalue weighted by molar-refractivity contribution is 7.89. The summed E-state index contributed by atoms with van der Waals surface area (Å²) in [5.41, 5.74) is 14.9. The Morgan fingerprint density at radius 2 is 1.42 bits per heavy atom. The SMILES string of the molecule is C.C.CC(C)c1cc(C(C)C)c(S(=O)(=O)NC(Cc2cccc(C(=N)N)c2)C(=O)N2CCN(C(=O)CCN)CC2)c(C(C)C)c1. The number of carbonyl (C=O) groups excluding carboxylic acids is 2. The number of hydrogen-bond donors (Lipinski definition) is 4. The van der Waals surface area contributed by atoms with Crippen molar-refractivity contribution in [2.45, 2.75) is 97.9 Å². The Kier molecular flexibility index (Phi) is 14.9. The fraction of sp³-hybridized carbons (Fsp3) is 0.559. The normalized spacial score (nSPS) is 14.3. The van der Waals surface area contributed by atoms with Crippen LogP contribution in [0.5, 0.6) is 0 Å². The summed E-state index contributed by atoms with van der Waals surface area (Å²) in [7, 11) is -4.16. The quantitative estimate of drug-likeness (QED) is 0.196. The Morgan fingerprint density at radius 3 is 1.89 bits per heavy atom. The van der Waals surface area contributed by atoms with E-state index in [2.05, 4.69) is 18.6 Å². The maximum atomic E-state index is 14.3. The number of sulfonamides is 1. The number of amides is 2. The molecule has 1 fully saturated rings. The molecule has 45 heavy (non-hydrogen) atoms. The maximum Gasteiger partial charge on any atom is 0.241 e. The van der Waals surface area contributed by atoms with Crippen LogP contribution in [0.1, 0.15) is 108 Å². The van der Waals surface area contributed by atoms with Gasteiger partial charge in [0.15, 0.2) is 0 Å². The Hall–Kier alpha value is -3.28. The van der Waals surface area contributed by atoms with Crippen molar-refractivity contribution in [2.24, 2.45) is 11.5 Å². The van der Waals surface area contributed by atoms with Gasteiger partial charge in [-0.15, -0.1) is 0 Å². The van der Waals surface area contributed by atoms with Gasteiger partial charge in [0.05, 0.1) is 4.90 Å². The van der Waals surface area contributed by atoms with Gasteiger partial charge >= 0.3 is 0 Å². The van der Waals surface area contributed by atoms with Crippen LogP contribution in [0.2, 0.25) is 0 Å². The van der Waals surface area contributed by atoms with Crippen molar-refractivity contribution in [3.63, 3.8) is 0 Å². The van der Waals surface area contributed by atoms with Gasteiger partial charge in [-0.05, 0) is 52.5 Å². The van der Waals surface area contributed by atoms with E-state index in [1.165, 1.54) is 0 Å². The fourth-order valence-electron chi connectivity index (χ4n) is 5.41. The molecule has 252 valence electrons. The molecule has 2 aromatic carbocycles. The summed E-state index contributed by atoms with van der Waals surface area (Å²) in [6.07, 6.45) is 0.318. The zero-order valence-corrected chi connectivity index (χ0v) is 27.1. The van der Waals surface area contributed by atoms with E-state index in [1.54, 1.807) is 34.1 Å². The minimum Gasteiger partial charge on any atom is -0.384 e. The summed E-state index contributed by atoms with van der Waals surface area (Å²) < 4.78 is 31.5. The second-order valence-electron chi connectivity index (χ2n) is 12.2. The molecule has 1 atom stereocenters. The predicted octanol–water partition coefficient (Wildman–Crippen LogP) is 4.52. The van der Waals surface area contributed by atoms with Gasteiger partial charge in [-0.1, -0.05) is 86.7 Å². The van der Waals surface area contributed by atoms with Gasteiger partial charge in [-0.3, -0.25) is 15.0 Å². The number of nitrogens with zero attached hydrogens (tertiary/aromatic N) is 2. The average molecular weight is 645 g/mol. The van der Waals surface area contributed by atoms with Crippen LogP contribution in [0.15, 0.2) is 41.3 Å². The molecule has 10 nitrogen and oxygen atoms in total. The van der Waals surface area contributed by atoms with Gasteiger partial charge in [-0.25, -0.2) is 8.42 Å². The Balaban J connectivity index is 0.00000506. The summed E-state index contributed by atoms with van der Waals surface area (Å²) in [5, 5.41) is 7.83. The molecule has 2 aromatic rings. The van der Waals surface area contributed by atoms with E-state index >= 15 is 0 Å². The number of nitrogens with one attached hydrogen (secondary N) is 2. The van der Waals surface area contributed by atoms with Crippen molar-refractivity contribution in [1.29, 1.82) is 5.41 Å². The van der Waals surface area contributed by atoms with E-state index < -0.39 is 16.1 Å². The number of nitrogen functional groups attached to an aromatic ring is 1. The molecule has 0 aromatic heterocycles. The van der Waals surface area contributed by atoms with Crippen molar-refractivity contribution in [2.75, 3.05) is 32.7 Å². The predicted molar refractivity (Wildman–Crippen MR) is 184 cm³/mol. The molecule has 0 spiro atoms. The lowest BCUT2D eigenvalue weighted by Crippen LogP contribution is -2.56. The molecule has 1 aliphatic rings. The van der Waals surface area contributed by atoms with Crippen molar-refractivity contribution >= 4 is 27.7 Å². The second kappa shape index (κ2) is 16.9. The van der Waals surface area contributed by atoms with E-state index in [1.807, 2.05) is 39.8 Å². The third-order valence-electron chi connectivity index (χ3n) is 7.92. The van der Waals surface area contributed by atoms with E-state index in [9.17, 15) is 18.0 Å². The molecule has 0 aliphatic carbocycles. The van der Waals surface area contributed by atoms with Crippen LogP contribution in [-0.2, 0) is 26.0 Å². The number of benzene rings is 2. The van der Waals surface area contributed by atoms with Gasteiger partial charge in [0.2, 0.25) is 21.8 Å². The molecule has 1 saturated heterocycles. The molecule has 0 saturated carbocycles. The largest absolute Gasteiger partial charge is 0.384 e. The van der Waals surface area contributed by atoms with Crippen LogP contribution in [0.4, 0.5) is 0 Å². The van der Waals surface area contributed by atoms with Crippen LogP contribution in [0, 0.1) is 5.41 Å². The van der Waals surface area contributed by atoms with Crippen molar-refractivity contribution < 1.29 is 18.0 Å². The lowest BCUT2D eigenvalue weighted by Gasteiger charge is -2.36. The van der Waals surface area contributed by atoms with Crippen molar-refractivity contribution in [3.8, 4) is 0 Å². The smallest absolute Gasteiger partial charge is 0.241 e. The maximum absolute atomic E-state index is 14.3. The molecule has 11 heteroatoms. The zero-order chi connectivity index (χ0) is 32.1. The fourth-order valence-corrected chi connectivity index (χ4v) is 7.29. The number of piperazine rings is 1. The highest BCUT2D eigenvalue weighted by Crippen LogP contribution is 2.35. The van der Waals surface area contributed by atoms with Crippen LogP contribution < -0.4 is 16.2 Å². The average Bonchev–Trinajstić information content (AvgIpc) is 2.95. The van der Waals surface area contributed by atoms with Crippen LogP contribution in [0.25, 0.3) is 0 Å². The first-order valence-electron chi connectivity index (χ1n) is 15.1. The summed E-state index contributed by atoms with van der Waals surface area (Å²) in [4.78, 5) is 29.9. The molecule has 0 radical (unpaired) electrons. The molecule has 1 heterocycles. The van der Waals surface area contributed by atoms with E-state index in [0.29, 0.717) is 37.3 Å². The van der Waals surface area contributed by atoms with Gasteiger partial charge in [-0.2, -0.15) is 4.72 Å². The van der Waals surface area contributed by atoms with E-state index in [-0.39, 0.29) is 74.5 Å². The Morgan fingerprint density at radius 1 is 0.889 bits per heavy atom. The van der Waals surface area contributed by atoms with Gasteiger partial charge in [0.1, 0.15) is 11.9 Å². The number of nitrogens with two attached hydrogens (primary N) is 2. The number of hydrogen-bond acceptors (Lipinski definition) is 6. The third kappa shape index (κ3) is 9.85. The first-order chi connectivity index (χ1) is 20.2. The molecule has 6 N–H and O–H groups in total. The number of carbonyl (C=O) groups is 2. The van der Waals surface area contributed by atoms with E-state index in [4.69, 9.17) is 16.9 Å². The Bertz CT molecular complexity index is 1400. The summed E-state index contributed by atoms with van der Waals surface area (Å²) in [6.45, 7) is 13.6. The second-order valence-corrected chi connectivity index (χ2v) is 13.9. The minimum atomic E-state index is -4.16. The minimum absolute atomic E-state index is 0. The lowest BCUT2D eigenvalue weighted by molar-refractivity contribution is -0.140. The monoisotopic (exact) mass is 644 g/mol. The summed E-state index contributed by atoms with van der Waals surface area (Å²) in [5.74, 6) is -0.444. The zero-order valence-electron chi connectivity index (χ0n) is 26.3. The molecule has 1 unspecified atom stereocenters. The van der Waals surface area contributed by atoms with E-state index in [0.717, 1.165) is 16.7 Å². The van der Waals surface area contributed by atoms with Crippen molar-refractivity contribution in [1.82, 2.24) is 14.5 Å². The summed E-state index contributed by atoms with van der Waals surface area (Å²) >= 11 is 0. The van der Waals surface area contributed by atoms with Gasteiger partial charge < -0.3 is 21.3 Å². The standard InChI is InChI=1S/C32H48N6O4S.2CH4/c1-20(2)25-18-26(21(3)4)30(27(19-25)22(5)6)43(41,42)36-28(17-23-8-7-9-24(16-23)31(34)35)32(40)38-14-12-37(13-15-38)29(39)10-11-33;;/h7-9,16,18-22,28,36H,10-15,17,33H2,1-6H3,(H3,34,35);2*1H4. The van der Waals surface area contributed by atoms with Gasteiger partial charge in [0.25, 0.3) is 0 Å². The molecule has 3 rings (SSSR count). The van der Waals surface area contributed by atoms with Gasteiger partial charge in [0, 0.05) is 44.7 Å². The number of rotatable bonds is 12. The highest BCUT2D eigenvalue weighted by Gasteiger charge is 2.35. The molecule has 0 bridgehead atoms. The first-order valence-corrected chi connectivity index (χ1v) is 16.5. The Labute approximate surface area is 271 Å². The molecule has 2 amide bonds. The highest BCUT2D eigenvalue weighted by atomic mass is 32.2. The van der Waals surface area contributed by atoms with Crippen LogP contribution >= 0.6 is 0 Å². The topological polar surface area (TPSA) is 163 Å². The first kappa shape index (κ1) is 39.7. The molecule has 1 aliphatic heterocycles. The van der Waals surface area contributed by atoms with Crippen molar-refractivity contribution in [3.05, 3.63) is 64.2 Å². The molecular formula is C34H56N6O4S. The third-order valence-corrected chi connectivity index (χ3v) is 9.53.